The molecule has 0 fully saturated rings. The van der Waals surface area contributed by atoms with E-state index in [1.54, 1.807) is 0 Å². The molecule has 0 atom stereocenters. The number of pyridine rings is 2. The van der Waals surface area contributed by atoms with Gasteiger partial charge in [0.2, 0.25) is 0 Å². The van der Waals surface area contributed by atoms with E-state index < -0.39 is 0 Å². The number of hydrogen-bond acceptors (Lipinski definition) is 2. The molecule has 0 amide bonds. The van der Waals surface area contributed by atoms with E-state index in [2.05, 4.69) is 212 Å². The van der Waals surface area contributed by atoms with Crippen LogP contribution in [0, 0.1) is 29.8 Å². The minimum absolute atomic E-state index is 0.314. The van der Waals surface area contributed by atoms with Gasteiger partial charge in [-0.25, -0.2) is 0 Å². The molecule has 0 spiro atoms. The molecule has 0 saturated heterocycles. The summed E-state index contributed by atoms with van der Waals surface area (Å²) in [4.78, 5) is 5.20. The van der Waals surface area contributed by atoms with Gasteiger partial charge in [0.15, 0.2) is 0 Å². The molecule has 0 radical (unpaired) electrons. The van der Waals surface area contributed by atoms with Crippen LogP contribution < -0.4 is 4.74 Å². The Morgan fingerprint density at radius 1 is 0.635 bits per heavy atom. The van der Waals surface area contributed by atoms with Crippen molar-refractivity contribution in [1.82, 2.24) is 18.5 Å². The minimum atomic E-state index is -0.314. The summed E-state index contributed by atoms with van der Waals surface area (Å²) >= 11 is 2.48. The third-order valence-corrected chi connectivity index (χ3v) is 14.5. The number of aryl methyl sites for hydroxylation is 4. The molecule has 6 aromatic carbocycles. The van der Waals surface area contributed by atoms with Gasteiger partial charge in [0.1, 0.15) is 0 Å². The first-order valence-electron chi connectivity index (χ1n) is 21.8. The van der Waals surface area contributed by atoms with Crippen LogP contribution in [-0.2, 0) is 50.5 Å². The number of nitrogens with zero attached hydrogens (tertiary/aromatic N) is 4. The molecule has 4 bridgehead atoms. The van der Waals surface area contributed by atoms with Crippen LogP contribution in [0.2, 0.25) is 0 Å². The van der Waals surface area contributed by atoms with Gasteiger partial charge in [-0.1, -0.05) is 86.6 Å². The first-order valence-corrected chi connectivity index (χ1v) is 22.9. The molecule has 4 aliphatic rings. The van der Waals surface area contributed by atoms with Crippen LogP contribution in [-0.4, -0.2) is 18.5 Å². The number of fused-ring (bicyclic) bond motifs is 3. The fraction of sp³-hybridized carbons (Fsp3) is 0.158. The maximum atomic E-state index is 6.69. The Bertz CT molecular complexity index is 3450. The van der Waals surface area contributed by atoms with E-state index in [0.29, 0.717) is 11.5 Å². The summed E-state index contributed by atoms with van der Waals surface area (Å²) in [7, 11) is 0. The Kier molecular flexibility index (Phi) is 9.77. The van der Waals surface area contributed by atoms with Crippen molar-refractivity contribution in [3.63, 3.8) is 0 Å². The molecule has 10 aromatic rings. The fourth-order valence-electron chi connectivity index (χ4n) is 9.72. The van der Waals surface area contributed by atoms with Crippen molar-refractivity contribution in [3.05, 3.63) is 219 Å². The van der Waals surface area contributed by atoms with E-state index in [0.717, 1.165) is 73.9 Å². The summed E-state index contributed by atoms with van der Waals surface area (Å²) in [5.74, 6) is 2.07. The molecular weight excluding hydrogens is 952 g/mol. The topological polar surface area (TPSA) is 36.4 Å². The predicted octanol–water partition coefficient (Wildman–Crippen LogP) is 13.2. The van der Waals surface area contributed by atoms with Gasteiger partial charge in [0.05, 0.1) is 0 Å². The molecule has 6 heterocycles. The average molecular weight is 998 g/mol. The van der Waals surface area contributed by atoms with Crippen LogP contribution in [0.4, 0.5) is 0 Å². The van der Waals surface area contributed by atoms with Crippen molar-refractivity contribution < 1.29 is 24.1 Å². The summed E-state index contributed by atoms with van der Waals surface area (Å²) in [6, 6.07) is 59.1. The monoisotopic (exact) mass is 997 g/mol. The number of aromatic nitrogens is 4. The summed E-state index contributed by atoms with van der Waals surface area (Å²) < 4.78 is 14.7. The van der Waals surface area contributed by atoms with Crippen LogP contribution >= 0.6 is 0 Å². The summed E-state index contributed by atoms with van der Waals surface area (Å²) in [6.45, 7) is 9.18. The van der Waals surface area contributed by atoms with Crippen LogP contribution in [0.25, 0.3) is 50.0 Å². The molecule has 4 aromatic heterocycles. The summed E-state index contributed by atoms with van der Waals surface area (Å²) in [5.41, 5.74) is 16.9. The van der Waals surface area contributed by atoms with Gasteiger partial charge in [0.25, 0.3) is 0 Å². The van der Waals surface area contributed by atoms with E-state index in [9.17, 15) is 0 Å². The molecule has 14 rings (SSSR count). The Morgan fingerprint density at radius 2 is 1.32 bits per heavy atom. The number of ether oxygens (including phenoxy) is 1. The van der Waals surface area contributed by atoms with Crippen molar-refractivity contribution in [1.29, 1.82) is 0 Å². The molecule has 2 aliphatic heterocycles. The van der Waals surface area contributed by atoms with Gasteiger partial charge in [-0.3, -0.25) is 0 Å². The second-order valence-corrected chi connectivity index (χ2v) is 18.3. The van der Waals surface area contributed by atoms with E-state index in [4.69, 9.17) is 9.72 Å². The van der Waals surface area contributed by atoms with Gasteiger partial charge in [0, 0.05) is 17.2 Å². The molecule has 0 unspecified atom stereocenters. The standard InChI is InChI=1S/C57H46N4O.Pt/c1-38-39(2)41-23-22-40(38)24-25-43-27-29-45(28-26-41)60-37-59(36-55(43)60)46-18-13-19-47(32-46)62-48-30-31-50-49-20-11-12-21-53(49)61(54(50)33-48)56-34-52(57(3,4)44-16-9-6-10-17-44)51(35-58-56)42-14-7-5-8-15-42;/h5-23,27,29-31,34-36H,24-26,28H2,1-4H3;/q-2;. The maximum absolute atomic E-state index is 6.69. The van der Waals surface area contributed by atoms with Crippen molar-refractivity contribution in [3.8, 4) is 34.1 Å². The van der Waals surface area contributed by atoms with Crippen LogP contribution in [0.5, 0.6) is 11.5 Å². The molecule has 63 heavy (non-hydrogen) atoms. The normalized spacial score (nSPS) is 12.9. The van der Waals surface area contributed by atoms with E-state index in [1.807, 2.05) is 18.3 Å². The van der Waals surface area contributed by atoms with E-state index in [1.165, 1.54) is 50.2 Å². The molecule has 0 saturated carbocycles. The van der Waals surface area contributed by atoms with E-state index >= 15 is 0 Å². The third kappa shape index (κ3) is 6.82. The summed E-state index contributed by atoms with van der Waals surface area (Å²) in [5, 5.41) is 2.22. The molecule has 6 heteroatoms. The van der Waals surface area contributed by atoms with Crippen LogP contribution in [0.3, 0.4) is 0 Å². The number of imidazole rings is 1. The number of rotatable bonds is 7. The zero-order chi connectivity index (χ0) is 42.8. The van der Waals surface area contributed by atoms with E-state index in [-0.39, 0.29) is 5.41 Å². The van der Waals surface area contributed by atoms with Gasteiger partial charge in [-0.05, 0) is 16.7 Å². The first kappa shape index (κ1) is 39.3. The quantitative estimate of drug-likeness (QED) is 0.149. The summed E-state index contributed by atoms with van der Waals surface area (Å²) in [6.07, 6.45) is 8.28. The zero-order valence-electron chi connectivity index (χ0n) is 35.9. The fourth-order valence-corrected chi connectivity index (χ4v) is 10.7. The van der Waals surface area contributed by atoms with Crippen molar-refractivity contribution in [2.75, 3.05) is 0 Å². The SMILES string of the molecule is Cc1c2ccc(c1C)CCc1ccc(c3cn(-c4[c-]c(Oc5[c-]c6c(cc5)c5ccccc5n6-c5cc(C(C)(C)c6ccccc6)c(-c6ccccc6)cn5)ccc4)[c](=[Pt])n13)CC2. The predicted molar refractivity (Wildman–Crippen MR) is 251 cm³/mol. The first-order chi connectivity index (χ1) is 30.7. The third-order valence-electron chi connectivity index (χ3n) is 13.4. The molecule has 5 nitrogen and oxygen atoms in total. The Balaban J connectivity index is 0.987. The second-order valence-electron chi connectivity index (χ2n) is 17.3. The second kappa shape index (κ2) is 15.7. The molecular formula is C57H46N4OPt-2. The van der Waals surface area contributed by atoms with Crippen molar-refractivity contribution in [2.45, 2.75) is 58.8 Å². The molecule has 2 aliphatic carbocycles. The Labute approximate surface area is 379 Å². The average Bonchev–Trinajstić information content (AvgIpc) is 3.84. The Morgan fingerprint density at radius 3 is 2.11 bits per heavy atom. The van der Waals surface area contributed by atoms with Crippen LogP contribution in [0.1, 0.15) is 58.5 Å². The molecule has 0 N–H and O–H groups in total. The van der Waals surface area contributed by atoms with Crippen LogP contribution in [0.15, 0.2) is 158 Å². The van der Waals surface area contributed by atoms with Gasteiger partial charge >= 0.3 is 261 Å². The number of hydrogen-bond donors (Lipinski definition) is 0. The number of para-hydroxylation sites is 1. The zero-order valence-corrected chi connectivity index (χ0v) is 38.1. The van der Waals surface area contributed by atoms with Gasteiger partial charge in [-0.2, -0.15) is 0 Å². The van der Waals surface area contributed by atoms with Gasteiger partial charge < -0.3 is 0 Å². The molecule has 312 valence electrons. The number of benzene rings is 6. The van der Waals surface area contributed by atoms with Crippen molar-refractivity contribution >= 4 is 27.3 Å². The van der Waals surface area contributed by atoms with Crippen molar-refractivity contribution in [2.24, 2.45) is 0 Å². The Hall–Kier alpha value is -6.55. The van der Waals surface area contributed by atoms with Gasteiger partial charge in [-0.15, -0.1) is 0 Å².